The molecule has 0 unspecified atom stereocenters. The molecule has 2 aliphatic rings. The maximum atomic E-state index is 13.2. The fraction of sp³-hybridized carbons (Fsp3) is 0.381. The Balaban J connectivity index is 0.00000240. The number of carbonyl (C=O) groups is 1. The molecule has 0 aliphatic carbocycles. The molecule has 2 atom stereocenters. The van der Waals surface area contributed by atoms with Crippen molar-refractivity contribution in [2.75, 3.05) is 37.0 Å². The summed E-state index contributed by atoms with van der Waals surface area (Å²) in [6.45, 7) is 5.48. The lowest BCUT2D eigenvalue weighted by Crippen LogP contribution is -2.33. The zero-order valence-electron chi connectivity index (χ0n) is 16.3. The van der Waals surface area contributed by atoms with Gasteiger partial charge in [0.2, 0.25) is 0 Å². The fourth-order valence-corrected chi connectivity index (χ4v) is 5.73. The van der Waals surface area contributed by atoms with Crippen LogP contribution in [0.25, 0.3) is 0 Å². The van der Waals surface area contributed by atoms with Crippen LogP contribution in [0.3, 0.4) is 0 Å². The Hall–Kier alpha value is -2.09. The number of sulfonamides is 1. The van der Waals surface area contributed by atoms with Gasteiger partial charge in [-0.3, -0.25) is 9.10 Å². The van der Waals surface area contributed by atoms with Crippen molar-refractivity contribution >= 4 is 34.0 Å². The Morgan fingerprint density at radius 3 is 2.34 bits per heavy atom. The minimum Gasteiger partial charge on any atom is -0.338 e. The first kappa shape index (κ1) is 21.6. The van der Waals surface area contributed by atoms with Crippen molar-refractivity contribution in [3.05, 3.63) is 60.2 Å². The van der Waals surface area contributed by atoms with Crippen LogP contribution in [0.1, 0.15) is 17.3 Å². The average Bonchev–Trinajstić information content (AvgIpc) is 3.31. The van der Waals surface area contributed by atoms with Gasteiger partial charge < -0.3 is 10.2 Å². The third-order valence-electron chi connectivity index (χ3n) is 5.68. The first-order valence-electron chi connectivity index (χ1n) is 9.68. The first-order chi connectivity index (χ1) is 13.5. The van der Waals surface area contributed by atoms with Crippen LogP contribution in [0.2, 0.25) is 0 Å². The van der Waals surface area contributed by atoms with Gasteiger partial charge >= 0.3 is 0 Å². The molecule has 0 bridgehead atoms. The molecule has 29 heavy (non-hydrogen) atoms. The Kier molecular flexibility index (Phi) is 6.51. The Morgan fingerprint density at radius 1 is 1.07 bits per heavy atom. The Bertz CT molecular complexity index is 956. The van der Waals surface area contributed by atoms with Crippen molar-refractivity contribution < 1.29 is 13.2 Å². The van der Waals surface area contributed by atoms with E-state index in [1.807, 2.05) is 23.1 Å². The minimum atomic E-state index is -3.75. The number of para-hydroxylation sites is 1. The van der Waals surface area contributed by atoms with Crippen molar-refractivity contribution in [2.24, 2.45) is 11.8 Å². The summed E-state index contributed by atoms with van der Waals surface area (Å²) in [6.07, 6.45) is 0. The molecule has 2 fully saturated rings. The van der Waals surface area contributed by atoms with E-state index in [2.05, 4.69) is 5.32 Å². The van der Waals surface area contributed by atoms with Gasteiger partial charge in [-0.1, -0.05) is 24.3 Å². The molecule has 156 valence electrons. The number of benzene rings is 2. The van der Waals surface area contributed by atoms with Crippen molar-refractivity contribution in [1.29, 1.82) is 0 Å². The number of carbonyl (C=O) groups excluding carboxylic acids is 1. The number of amides is 1. The summed E-state index contributed by atoms with van der Waals surface area (Å²) in [4.78, 5) is 15.0. The van der Waals surface area contributed by atoms with Gasteiger partial charge in [0, 0.05) is 38.3 Å². The molecule has 0 spiro atoms. The van der Waals surface area contributed by atoms with Gasteiger partial charge in [0.25, 0.3) is 15.9 Å². The summed E-state index contributed by atoms with van der Waals surface area (Å²) in [5, 5.41) is 3.36. The van der Waals surface area contributed by atoms with E-state index in [0.29, 0.717) is 29.6 Å². The van der Waals surface area contributed by atoms with Crippen LogP contribution in [0.4, 0.5) is 5.69 Å². The van der Waals surface area contributed by atoms with Gasteiger partial charge in [-0.05, 0) is 49.1 Å². The zero-order valence-corrected chi connectivity index (χ0v) is 18.0. The third-order valence-corrected chi connectivity index (χ3v) is 7.58. The maximum Gasteiger partial charge on any atom is 0.264 e. The van der Waals surface area contributed by atoms with E-state index in [1.54, 1.807) is 37.3 Å². The van der Waals surface area contributed by atoms with Crippen molar-refractivity contribution in [3.63, 3.8) is 0 Å². The zero-order chi connectivity index (χ0) is 19.7. The average molecular weight is 436 g/mol. The lowest BCUT2D eigenvalue weighted by molar-refractivity contribution is 0.0781. The molecule has 8 heteroatoms. The lowest BCUT2D eigenvalue weighted by Gasteiger charge is -2.23. The Morgan fingerprint density at radius 2 is 1.72 bits per heavy atom. The van der Waals surface area contributed by atoms with Crippen LogP contribution in [0.5, 0.6) is 0 Å². The number of rotatable bonds is 5. The molecule has 2 aromatic carbocycles. The highest BCUT2D eigenvalue weighted by molar-refractivity contribution is 7.92. The predicted molar refractivity (Wildman–Crippen MR) is 116 cm³/mol. The van der Waals surface area contributed by atoms with Crippen molar-refractivity contribution in [2.45, 2.75) is 11.8 Å². The fourth-order valence-electron chi connectivity index (χ4n) is 4.21. The van der Waals surface area contributed by atoms with Crippen LogP contribution in [0, 0.1) is 11.8 Å². The van der Waals surface area contributed by atoms with E-state index >= 15 is 0 Å². The maximum absolute atomic E-state index is 13.2. The number of nitrogens with zero attached hydrogens (tertiary/aromatic N) is 2. The number of nitrogens with one attached hydrogen (secondary N) is 1. The molecular weight excluding hydrogens is 410 g/mol. The molecule has 6 nitrogen and oxygen atoms in total. The molecule has 2 heterocycles. The van der Waals surface area contributed by atoms with Crippen LogP contribution >= 0.6 is 12.4 Å². The Labute approximate surface area is 178 Å². The first-order valence-corrected chi connectivity index (χ1v) is 11.1. The topological polar surface area (TPSA) is 69.7 Å². The summed E-state index contributed by atoms with van der Waals surface area (Å²) in [5.74, 6) is 0.920. The number of hydrogen-bond acceptors (Lipinski definition) is 4. The number of anilines is 1. The van der Waals surface area contributed by atoms with Crippen molar-refractivity contribution in [3.8, 4) is 0 Å². The molecule has 0 aromatic heterocycles. The second-order valence-electron chi connectivity index (χ2n) is 7.42. The molecule has 1 N–H and O–H groups in total. The van der Waals surface area contributed by atoms with Crippen LogP contribution in [-0.4, -0.2) is 51.9 Å². The smallest absolute Gasteiger partial charge is 0.264 e. The predicted octanol–water partition coefficient (Wildman–Crippen LogP) is 2.62. The molecule has 0 saturated carbocycles. The quantitative estimate of drug-likeness (QED) is 0.783. The SMILES string of the molecule is CCN(c1ccccc1)S(=O)(=O)c1cccc(C(=O)N2C[C@H]3CNC[C@H]3C2)c1.Cl. The number of fused-ring (bicyclic) bond motifs is 1. The van der Waals surface area contributed by atoms with Crippen LogP contribution in [0.15, 0.2) is 59.5 Å². The summed E-state index contributed by atoms with van der Waals surface area (Å²) in [5.41, 5.74) is 1.04. The third kappa shape index (κ3) is 4.13. The highest BCUT2D eigenvalue weighted by Gasteiger charge is 2.38. The van der Waals surface area contributed by atoms with Gasteiger partial charge in [0.1, 0.15) is 0 Å². The van der Waals surface area contributed by atoms with Crippen LogP contribution < -0.4 is 9.62 Å². The van der Waals surface area contributed by atoms with E-state index in [1.165, 1.54) is 10.4 Å². The normalized spacial score (nSPS) is 20.8. The molecule has 0 radical (unpaired) electrons. The summed E-state index contributed by atoms with van der Waals surface area (Å²) in [6, 6.07) is 15.4. The molecule has 1 amide bonds. The number of likely N-dealkylation sites (tertiary alicyclic amines) is 1. The van der Waals surface area contributed by atoms with Gasteiger partial charge in [-0.2, -0.15) is 0 Å². The molecule has 2 aromatic rings. The van der Waals surface area contributed by atoms with Gasteiger partial charge in [0.15, 0.2) is 0 Å². The van der Waals surface area contributed by atoms with Crippen molar-refractivity contribution in [1.82, 2.24) is 10.2 Å². The van der Waals surface area contributed by atoms with Crippen LogP contribution in [-0.2, 0) is 10.0 Å². The second kappa shape index (κ2) is 8.73. The van der Waals surface area contributed by atoms with E-state index in [9.17, 15) is 13.2 Å². The summed E-state index contributed by atoms with van der Waals surface area (Å²) < 4.78 is 27.8. The van der Waals surface area contributed by atoms with E-state index in [0.717, 1.165) is 26.2 Å². The summed E-state index contributed by atoms with van der Waals surface area (Å²) >= 11 is 0. The minimum absolute atomic E-state index is 0. The number of hydrogen-bond donors (Lipinski definition) is 1. The molecule has 4 rings (SSSR count). The monoisotopic (exact) mass is 435 g/mol. The largest absolute Gasteiger partial charge is 0.338 e. The van der Waals surface area contributed by atoms with Gasteiger partial charge in [-0.15, -0.1) is 12.4 Å². The van der Waals surface area contributed by atoms with Gasteiger partial charge in [-0.25, -0.2) is 8.42 Å². The van der Waals surface area contributed by atoms with E-state index < -0.39 is 10.0 Å². The standard InChI is InChI=1S/C21H25N3O3S.ClH/c1-2-24(19-8-4-3-5-9-19)28(26,27)20-10-6-7-16(11-20)21(25)23-14-17-12-22-13-18(17)15-23;/h3-11,17-18,22H,2,12-15H2,1H3;1H/t17-,18+;. The molecule has 2 saturated heterocycles. The molecule has 2 aliphatic heterocycles. The van der Waals surface area contributed by atoms with E-state index in [4.69, 9.17) is 0 Å². The number of halogens is 1. The highest BCUT2D eigenvalue weighted by atomic mass is 35.5. The van der Waals surface area contributed by atoms with Gasteiger partial charge in [0.05, 0.1) is 10.6 Å². The van der Waals surface area contributed by atoms with E-state index in [-0.39, 0.29) is 23.2 Å². The second-order valence-corrected chi connectivity index (χ2v) is 9.28. The summed E-state index contributed by atoms with van der Waals surface area (Å²) in [7, 11) is -3.75. The lowest BCUT2D eigenvalue weighted by atomic mass is 10.0. The molecular formula is C21H26ClN3O3S. The highest BCUT2D eigenvalue weighted by Crippen LogP contribution is 2.28.